The molecule has 1 N–H and O–H groups in total. The SMILES string of the molecule is Cc1ccc(-c2cc(-c3ccccc3)nc(SCCC(=O)Nc3cccc(Cl)c3C)c2C#N)cc1. The van der Waals surface area contributed by atoms with E-state index in [0.29, 0.717) is 27.1 Å². The van der Waals surface area contributed by atoms with Gasteiger partial charge in [-0.2, -0.15) is 5.26 Å². The van der Waals surface area contributed by atoms with E-state index < -0.39 is 0 Å². The van der Waals surface area contributed by atoms with E-state index >= 15 is 0 Å². The van der Waals surface area contributed by atoms with Crippen LogP contribution in [0, 0.1) is 25.2 Å². The first-order valence-corrected chi connectivity index (χ1v) is 12.6. The normalized spacial score (nSPS) is 10.6. The summed E-state index contributed by atoms with van der Waals surface area (Å²) in [5, 5.41) is 14.2. The molecule has 1 amide bonds. The number of carbonyl (C=O) groups is 1. The lowest BCUT2D eigenvalue weighted by atomic mass is 9.98. The van der Waals surface area contributed by atoms with E-state index in [1.807, 2.05) is 86.6 Å². The predicted octanol–water partition coefficient (Wildman–Crippen LogP) is 7.68. The number of hydrogen-bond acceptors (Lipinski definition) is 4. The Hall–Kier alpha value is -3.59. The zero-order valence-electron chi connectivity index (χ0n) is 19.5. The summed E-state index contributed by atoms with van der Waals surface area (Å²) in [5.74, 6) is 0.373. The Morgan fingerprint density at radius 1 is 1.00 bits per heavy atom. The number of nitrogens with zero attached hydrogens (tertiary/aromatic N) is 2. The first-order chi connectivity index (χ1) is 17.0. The number of nitrogens with one attached hydrogen (secondary N) is 1. The maximum absolute atomic E-state index is 12.6. The number of nitriles is 1. The zero-order valence-corrected chi connectivity index (χ0v) is 21.1. The van der Waals surface area contributed by atoms with Crippen molar-refractivity contribution in [3.05, 3.63) is 101 Å². The van der Waals surface area contributed by atoms with Gasteiger partial charge in [0.2, 0.25) is 5.91 Å². The number of aromatic nitrogens is 1. The molecule has 4 nitrogen and oxygen atoms in total. The summed E-state index contributed by atoms with van der Waals surface area (Å²) >= 11 is 7.58. The molecule has 1 heterocycles. The fourth-order valence-corrected chi connectivity index (χ4v) is 4.77. The number of benzene rings is 3. The highest BCUT2D eigenvalue weighted by Gasteiger charge is 2.16. The number of carbonyl (C=O) groups excluding carboxylic acids is 1. The van der Waals surface area contributed by atoms with Crippen molar-refractivity contribution in [3.63, 3.8) is 0 Å². The lowest BCUT2D eigenvalue weighted by molar-refractivity contribution is -0.115. The van der Waals surface area contributed by atoms with Gasteiger partial charge in [0, 0.05) is 34.0 Å². The molecule has 6 heteroatoms. The minimum absolute atomic E-state index is 0.112. The molecule has 0 atom stereocenters. The van der Waals surface area contributed by atoms with Gasteiger partial charge in [0.15, 0.2) is 0 Å². The van der Waals surface area contributed by atoms with Crippen molar-refractivity contribution in [1.82, 2.24) is 4.98 Å². The minimum atomic E-state index is -0.112. The number of pyridine rings is 1. The summed E-state index contributed by atoms with van der Waals surface area (Å²) in [6, 6.07) is 27.8. The van der Waals surface area contributed by atoms with Crippen molar-refractivity contribution < 1.29 is 4.79 Å². The Morgan fingerprint density at radius 3 is 2.46 bits per heavy atom. The highest BCUT2D eigenvalue weighted by molar-refractivity contribution is 7.99. The predicted molar refractivity (Wildman–Crippen MR) is 145 cm³/mol. The van der Waals surface area contributed by atoms with Crippen LogP contribution < -0.4 is 5.32 Å². The third kappa shape index (κ3) is 5.92. The van der Waals surface area contributed by atoms with E-state index in [4.69, 9.17) is 16.6 Å². The van der Waals surface area contributed by atoms with Crippen molar-refractivity contribution in [1.29, 1.82) is 5.26 Å². The molecule has 0 saturated heterocycles. The van der Waals surface area contributed by atoms with Crippen LogP contribution in [0.25, 0.3) is 22.4 Å². The number of thioether (sulfide) groups is 1. The molecule has 0 fully saturated rings. The van der Waals surface area contributed by atoms with Crippen molar-refractivity contribution in [2.45, 2.75) is 25.3 Å². The van der Waals surface area contributed by atoms with Crippen LogP contribution in [0.4, 0.5) is 5.69 Å². The molecule has 0 saturated carbocycles. The monoisotopic (exact) mass is 497 g/mol. The average Bonchev–Trinajstić information content (AvgIpc) is 2.87. The number of halogens is 1. The van der Waals surface area contributed by atoms with E-state index in [2.05, 4.69) is 11.4 Å². The molecule has 3 aromatic carbocycles. The summed E-state index contributed by atoms with van der Waals surface area (Å²) in [6.07, 6.45) is 0.276. The van der Waals surface area contributed by atoms with Gasteiger partial charge in [0.25, 0.3) is 0 Å². The van der Waals surface area contributed by atoms with Crippen LogP contribution in [0.15, 0.2) is 83.9 Å². The van der Waals surface area contributed by atoms with Gasteiger partial charge in [-0.1, -0.05) is 77.8 Å². The first-order valence-electron chi connectivity index (χ1n) is 11.2. The fourth-order valence-electron chi connectivity index (χ4n) is 3.65. The second-order valence-corrected chi connectivity index (χ2v) is 9.63. The molecular formula is C29H24ClN3OS. The van der Waals surface area contributed by atoms with Crippen LogP contribution in [0.5, 0.6) is 0 Å². The van der Waals surface area contributed by atoms with Crippen molar-refractivity contribution >= 4 is 35.0 Å². The number of rotatable bonds is 7. The summed E-state index contributed by atoms with van der Waals surface area (Å²) in [7, 11) is 0. The zero-order chi connectivity index (χ0) is 24.8. The highest BCUT2D eigenvalue weighted by Crippen LogP contribution is 2.34. The average molecular weight is 498 g/mol. The maximum Gasteiger partial charge on any atom is 0.225 e. The molecule has 0 unspecified atom stereocenters. The molecule has 0 aliphatic carbocycles. The topological polar surface area (TPSA) is 65.8 Å². The third-order valence-electron chi connectivity index (χ3n) is 5.64. The van der Waals surface area contributed by atoms with Crippen molar-refractivity contribution in [3.8, 4) is 28.5 Å². The van der Waals surface area contributed by atoms with Gasteiger partial charge < -0.3 is 5.32 Å². The Balaban J connectivity index is 1.60. The van der Waals surface area contributed by atoms with E-state index in [1.54, 1.807) is 6.07 Å². The van der Waals surface area contributed by atoms with Crippen LogP contribution in [-0.4, -0.2) is 16.6 Å². The number of amides is 1. The third-order valence-corrected chi connectivity index (χ3v) is 7.03. The lowest BCUT2D eigenvalue weighted by Crippen LogP contribution is -2.13. The van der Waals surface area contributed by atoms with Gasteiger partial charge in [-0.05, 0) is 43.2 Å². The summed E-state index contributed by atoms with van der Waals surface area (Å²) in [6.45, 7) is 3.91. The molecular weight excluding hydrogens is 474 g/mol. The van der Waals surface area contributed by atoms with Gasteiger partial charge >= 0.3 is 0 Å². The van der Waals surface area contributed by atoms with Crippen LogP contribution in [0.1, 0.15) is 23.1 Å². The summed E-state index contributed by atoms with van der Waals surface area (Å²) < 4.78 is 0. The molecule has 174 valence electrons. The minimum Gasteiger partial charge on any atom is -0.326 e. The smallest absolute Gasteiger partial charge is 0.225 e. The number of hydrogen-bond donors (Lipinski definition) is 1. The maximum atomic E-state index is 12.6. The molecule has 1 aromatic heterocycles. The van der Waals surface area contributed by atoms with E-state index in [-0.39, 0.29) is 12.3 Å². The van der Waals surface area contributed by atoms with Crippen LogP contribution in [0.3, 0.4) is 0 Å². The number of aryl methyl sites for hydroxylation is 1. The van der Waals surface area contributed by atoms with Crippen molar-refractivity contribution in [2.75, 3.05) is 11.1 Å². The van der Waals surface area contributed by atoms with Crippen LogP contribution in [0.2, 0.25) is 5.02 Å². The van der Waals surface area contributed by atoms with Gasteiger partial charge in [-0.15, -0.1) is 11.8 Å². The van der Waals surface area contributed by atoms with E-state index in [9.17, 15) is 10.1 Å². The fraction of sp³-hybridized carbons (Fsp3) is 0.138. The Morgan fingerprint density at radius 2 is 1.74 bits per heavy atom. The second kappa shape index (κ2) is 11.2. The quantitative estimate of drug-likeness (QED) is 0.266. The molecule has 0 bridgehead atoms. The van der Waals surface area contributed by atoms with Crippen LogP contribution >= 0.6 is 23.4 Å². The Labute approximate surface area is 215 Å². The van der Waals surface area contributed by atoms with Crippen LogP contribution in [-0.2, 0) is 4.79 Å². The first kappa shape index (κ1) is 24.5. The van der Waals surface area contributed by atoms with E-state index in [1.165, 1.54) is 11.8 Å². The largest absolute Gasteiger partial charge is 0.326 e. The lowest BCUT2D eigenvalue weighted by Gasteiger charge is -2.13. The molecule has 0 radical (unpaired) electrons. The molecule has 4 rings (SSSR count). The van der Waals surface area contributed by atoms with Gasteiger partial charge in [0.05, 0.1) is 11.3 Å². The van der Waals surface area contributed by atoms with Gasteiger partial charge in [-0.3, -0.25) is 4.79 Å². The highest BCUT2D eigenvalue weighted by atomic mass is 35.5. The number of anilines is 1. The molecule has 35 heavy (non-hydrogen) atoms. The molecule has 0 aliphatic heterocycles. The van der Waals surface area contributed by atoms with Crippen molar-refractivity contribution in [2.24, 2.45) is 0 Å². The molecule has 0 spiro atoms. The molecule has 0 aliphatic rings. The Bertz CT molecular complexity index is 1400. The Kier molecular flexibility index (Phi) is 7.87. The van der Waals surface area contributed by atoms with Gasteiger partial charge in [-0.25, -0.2) is 4.98 Å². The second-order valence-electron chi connectivity index (χ2n) is 8.14. The van der Waals surface area contributed by atoms with E-state index in [0.717, 1.165) is 33.5 Å². The summed E-state index contributed by atoms with van der Waals surface area (Å²) in [4.78, 5) is 17.4. The standard InChI is InChI=1S/C29H24ClN3OS/c1-19-11-13-21(14-12-19)23-17-27(22-7-4-3-5-8-22)33-29(24(23)18-31)35-16-15-28(34)32-26-10-6-9-25(30)20(26)2/h3-14,17H,15-16H2,1-2H3,(H,32,34). The molecule has 4 aromatic rings. The van der Waals surface area contributed by atoms with Gasteiger partial charge in [0.1, 0.15) is 11.1 Å². The summed E-state index contributed by atoms with van der Waals surface area (Å²) in [5.41, 5.74) is 6.77.